The maximum atomic E-state index is 6.15. The van der Waals surface area contributed by atoms with Gasteiger partial charge in [0.2, 0.25) is 0 Å². The molecular weight excluding hydrogens is 202 g/mol. The van der Waals surface area contributed by atoms with Gasteiger partial charge in [0, 0.05) is 36.6 Å². The van der Waals surface area contributed by atoms with Crippen LogP contribution in [0.5, 0.6) is 0 Å². The summed E-state index contributed by atoms with van der Waals surface area (Å²) in [6.07, 6.45) is 5.08. The summed E-state index contributed by atoms with van der Waals surface area (Å²) in [6.45, 7) is 2.91. The summed E-state index contributed by atoms with van der Waals surface area (Å²) < 4.78 is 5.69. The van der Waals surface area contributed by atoms with E-state index in [1.165, 1.54) is 0 Å². The van der Waals surface area contributed by atoms with Gasteiger partial charge in [0.15, 0.2) is 0 Å². The Bertz CT molecular complexity index is 396. The van der Waals surface area contributed by atoms with Crippen molar-refractivity contribution in [1.82, 2.24) is 4.98 Å². The maximum Gasteiger partial charge on any atom is 0.0835 e. The van der Waals surface area contributed by atoms with Gasteiger partial charge in [-0.1, -0.05) is 0 Å². The van der Waals surface area contributed by atoms with Crippen LogP contribution in [0.2, 0.25) is 0 Å². The lowest BCUT2D eigenvalue weighted by molar-refractivity contribution is 0.00536. The molecule has 1 aliphatic carbocycles. The molecule has 0 radical (unpaired) electrons. The van der Waals surface area contributed by atoms with E-state index in [1.54, 1.807) is 6.20 Å². The molecule has 4 heteroatoms. The Balaban J connectivity index is 1.74. The molecule has 2 fully saturated rings. The molecule has 0 spiro atoms. The number of rotatable bonds is 2. The smallest absolute Gasteiger partial charge is 0.0835 e. The van der Waals surface area contributed by atoms with Crippen LogP contribution in [0.3, 0.4) is 0 Å². The molecule has 1 aliphatic heterocycles. The van der Waals surface area contributed by atoms with Crippen LogP contribution in [0.25, 0.3) is 0 Å². The lowest BCUT2D eigenvalue weighted by Crippen LogP contribution is -2.65. The fraction of sp³-hybridized carbons (Fsp3) is 0.583. The first-order valence-corrected chi connectivity index (χ1v) is 5.82. The Hall–Kier alpha value is -1.13. The summed E-state index contributed by atoms with van der Waals surface area (Å²) in [4.78, 5) is 4.08. The highest BCUT2D eigenvalue weighted by Crippen LogP contribution is 2.39. The lowest BCUT2D eigenvalue weighted by Gasteiger charge is -2.46. The van der Waals surface area contributed by atoms with Gasteiger partial charge < -0.3 is 15.8 Å². The number of fused-ring (bicyclic) bond motifs is 1. The van der Waals surface area contributed by atoms with Crippen molar-refractivity contribution < 1.29 is 4.74 Å². The molecule has 1 aromatic heterocycles. The molecule has 86 valence electrons. The third kappa shape index (κ3) is 1.41. The highest BCUT2D eigenvalue weighted by molar-refractivity contribution is 5.50. The summed E-state index contributed by atoms with van der Waals surface area (Å²) in [7, 11) is 0. The van der Waals surface area contributed by atoms with E-state index >= 15 is 0 Å². The van der Waals surface area contributed by atoms with Crippen LogP contribution in [-0.4, -0.2) is 29.8 Å². The minimum absolute atomic E-state index is 0.222. The number of nitrogens with zero attached hydrogens (tertiary/aromatic N) is 1. The molecule has 3 N–H and O–H groups in total. The monoisotopic (exact) mass is 219 g/mol. The van der Waals surface area contributed by atoms with E-state index in [2.05, 4.69) is 10.3 Å². The Kier molecular flexibility index (Phi) is 2.33. The van der Waals surface area contributed by atoms with Gasteiger partial charge in [0.05, 0.1) is 12.1 Å². The average Bonchev–Trinajstić information content (AvgIpc) is 2.72. The predicted molar refractivity (Wildman–Crippen MR) is 62.2 cm³/mol. The minimum Gasteiger partial charge on any atom is -0.378 e. The fourth-order valence-corrected chi connectivity index (χ4v) is 2.74. The first-order valence-electron chi connectivity index (χ1n) is 5.82. The van der Waals surface area contributed by atoms with Crippen LogP contribution < -0.4 is 11.1 Å². The van der Waals surface area contributed by atoms with E-state index in [-0.39, 0.29) is 12.1 Å². The molecule has 0 bridgehead atoms. The third-order valence-electron chi connectivity index (χ3n) is 3.79. The lowest BCUT2D eigenvalue weighted by atomic mass is 9.72. The van der Waals surface area contributed by atoms with Gasteiger partial charge in [-0.15, -0.1) is 0 Å². The summed E-state index contributed by atoms with van der Waals surface area (Å²) in [5, 5.41) is 3.48. The number of nitrogens with one attached hydrogen (secondary N) is 1. The van der Waals surface area contributed by atoms with Crippen LogP contribution in [-0.2, 0) is 4.74 Å². The molecule has 0 amide bonds. The molecule has 1 aromatic rings. The number of anilines is 1. The largest absolute Gasteiger partial charge is 0.378 e. The first kappa shape index (κ1) is 10.1. The van der Waals surface area contributed by atoms with Gasteiger partial charge in [-0.3, -0.25) is 4.98 Å². The molecule has 2 aliphatic rings. The van der Waals surface area contributed by atoms with E-state index in [4.69, 9.17) is 10.5 Å². The van der Waals surface area contributed by atoms with E-state index in [0.29, 0.717) is 12.0 Å². The van der Waals surface area contributed by atoms with Crippen LogP contribution in [0.15, 0.2) is 18.5 Å². The van der Waals surface area contributed by atoms with Crippen molar-refractivity contribution in [2.24, 2.45) is 11.7 Å². The second-order valence-electron chi connectivity index (χ2n) is 4.73. The topological polar surface area (TPSA) is 60.2 Å². The molecule has 1 saturated heterocycles. The number of hydrogen-bond donors (Lipinski definition) is 2. The Morgan fingerprint density at radius 3 is 3.25 bits per heavy atom. The van der Waals surface area contributed by atoms with E-state index < -0.39 is 0 Å². The summed E-state index contributed by atoms with van der Waals surface area (Å²) in [5.74, 6) is 0.555. The zero-order valence-corrected chi connectivity index (χ0v) is 9.39. The van der Waals surface area contributed by atoms with E-state index in [9.17, 15) is 0 Å². The van der Waals surface area contributed by atoms with Crippen LogP contribution in [0, 0.1) is 12.8 Å². The van der Waals surface area contributed by atoms with Gasteiger partial charge in [0.1, 0.15) is 0 Å². The molecule has 16 heavy (non-hydrogen) atoms. The minimum atomic E-state index is 0.222. The molecule has 1 saturated carbocycles. The zero-order chi connectivity index (χ0) is 11.1. The van der Waals surface area contributed by atoms with Crippen molar-refractivity contribution in [3.8, 4) is 0 Å². The van der Waals surface area contributed by atoms with Crippen molar-refractivity contribution >= 4 is 5.69 Å². The standard InChI is InChI=1S/C12H17N3O/c1-7-6-14-4-2-9(7)15-11-10(13)8-3-5-16-12(8)11/h2,4,6,8,10-12H,3,5,13H2,1H3,(H,14,15). The first-order chi connectivity index (χ1) is 7.77. The molecule has 3 rings (SSSR count). The molecule has 4 atom stereocenters. The third-order valence-corrected chi connectivity index (χ3v) is 3.79. The number of nitrogens with two attached hydrogens (primary N) is 1. The second kappa shape index (κ2) is 3.71. The quantitative estimate of drug-likeness (QED) is 0.776. The number of aromatic nitrogens is 1. The second-order valence-corrected chi connectivity index (χ2v) is 4.73. The Morgan fingerprint density at radius 1 is 1.56 bits per heavy atom. The SMILES string of the molecule is Cc1cnccc1NC1C(N)C2CCOC21. The molecule has 2 heterocycles. The highest BCUT2D eigenvalue weighted by Gasteiger charge is 2.52. The average molecular weight is 219 g/mol. The van der Waals surface area contributed by atoms with Gasteiger partial charge in [-0.25, -0.2) is 0 Å². The van der Waals surface area contributed by atoms with Crippen LogP contribution in [0.1, 0.15) is 12.0 Å². The number of pyridine rings is 1. The van der Waals surface area contributed by atoms with Gasteiger partial charge in [-0.05, 0) is 25.0 Å². The Morgan fingerprint density at radius 2 is 2.44 bits per heavy atom. The fourth-order valence-electron chi connectivity index (χ4n) is 2.74. The van der Waals surface area contributed by atoms with E-state index in [0.717, 1.165) is 24.3 Å². The van der Waals surface area contributed by atoms with Crippen LogP contribution >= 0.6 is 0 Å². The summed E-state index contributed by atoms with van der Waals surface area (Å²) in [6, 6.07) is 2.47. The van der Waals surface area contributed by atoms with Gasteiger partial charge >= 0.3 is 0 Å². The van der Waals surface area contributed by atoms with Crippen molar-refractivity contribution in [2.45, 2.75) is 31.5 Å². The normalized spacial score (nSPS) is 36.6. The number of aryl methyl sites for hydroxylation is 1. The van der Waals surface area contributed by atoms with Crippen LogP contribution in [0.4, 0.5) is 5.69 Å². The predicted octanol–water partition coefficient (Wildman–Crippen LogP) is 0.917. The molecule has 0 aromatic carbocycles. The van der Waals surface area contributed by atoms with Crippen molar-refractivity contribution in [2.75, 3.05) is 11.9 Å². The number of ether oxygens (including phenoxy) is 1. The maximum absolute atomic E-state index is 6.15. The van der Waals surface area contributed by atoms with Crippen molar-refractivity contribution in [3.05, 3.63) is 24.0 Å². The van der Waals surface area contributed by atoms with Gasteiger partial charge in [0.25, 0.3) is 0 Å². The summed E-state index contributed by atoms with van der Waals surface area (Å²) >= 11 is 0. The summed E-state index contributed by atoms with van der Waals surface area (Å²) in [5.41, 5.74) is 8.41. The number of hydrogen-bond acceptors (Lipinski definition) is 4. The zero-order valence-electron chi connectivity index (χ0n) is 9.39. The Labute approximate surface area is 95.2 Å². The van der Waals surface area contributed by atoms with E-state index in [1.807, 2.05) is 19.2 Å². The van der Waals surface area contributed by atoms with Crippen molar-refractivity contribution in [3.63, 3.8) is 0 Å². The van der Waals surface area contributed by atoms with Gasteiger partial charge in [-0.2, -0.15) is 0 Å². The van der Waals surface area contributed by atoms with Crippen molar-refractivity contribution in [1.29, 1.82) is 0 Å². The molecule has 4 nitrogen and oxygen atoms in total. The molecule has 4 unspecified atom stereocenters. The molecular formula is C12H17N3O. The highest BCUT2D eigenvalue weighted by atomic mass is 16.5.